The first-order valence-corrected chi connectivity index (χ1v) is 6.67. The summed E-state index contributed by atoms with van der Waals surface area (Å²) in [5.41, 5.74) is 12.5. The van der Waals surface area contributed by atoms with Crippen LogP contribution in [0.3, 0.4) is 0 Å². The number of nitrogens with one attached hydrogen (secondary N) is 1. The average Bonchev–Trinajstić information content (AvgIpc) is 2.43. The van der Waals surface area contributed by atoms with Crippen LogP contribution in [0.2, 0.25) is 0 Å². The van der Waals surface area contributed by atoms with Gasteiger partial charge < -0.3 is 11.5 Å². The largest absolute Gasteiger partial charge is 0.368 e. The van der Waals surface area contributed by atoms with Crippen molar-refractivity contribution in [2.24, 2.45) is 11.5 Å². The Hall–Kier alpha value is -2.41. The van der Waals surface area contributed by atoms with Crippen molar-refractivity contribution < 1.29 is 14.4 Å². The number of benzene rings is 1. The van der Waals surface area contributed by atoms with Crippen LogP contribution in [0, 0.1) is 0 Å². The zero-order valence-corrected chi connectivity index (χ0v) is 11.5. The second kappa shape index (κ2) is 6.36. The van der Waals surface area contributed by atoms with E-state index in [-0.39, 0.29) is 6.42 Å². The molecule has 0 aromatic heterocycles. The third-order valence-electron chi connectivity index (χ3n) is 3.56. The van der Waals surface area contributed by atoms with E-state index in [1.807, 2.05) is 34.5 Å². The van der Waals surface area contributed by atoms with Gasteiger partial charge in [-0.1, -0.05) is 24.3 Å². The number of fused-ring (bicyclic) bond motifs is 1. The van der Waals surface area contributed by atoms with E-state index in [0.29, 0.717) is 19.5 Å². The van der Waals surface area contributed by atoms with Crippen molar-refractivity contribution in [1.29, 1.82) is 0 Å². The third-order valence-corrected chi connectivity index (χ3v) is 3.56. The Morgan fingerprint density at radius 3 is 2.48 bits per heavy atom. The molecule has 1 aliphatic rings. The maximum Gasteiger partial charge on any atom is 0.318 e. The van der Waals surface area contributed by atoms with E-state index in [9.17, 15) is 14.4 Å². The number of amides is 4. The van der Waals surface area contributed by atoms with Crippen molar-refractivity contribution in [1.82, 2.24) is 10.2 Å². The van der Waals surface area contributed by atoms with Gasteiger partial charge >= 0.3 is 6.03 Å². The predicted octanol–water partition coefficient (Wildman–Crippen LogP) is -0.516. The van der Waals surface area contributed by atoms with Gasteiger partial charge in [-0.3, -0.25) is 19.8 Å². The number of carbonyl (C=O) groups excluding carboxylic acids is 3. The fourth-order valence-corrected chi connectivity index (χ4v) is 2.54. The topological polar surface area (TPSA) is 119 Å². The standard InChI is InChI=1S/C14H18N4O3/c15-13(20)11-7-9-3-1-2-4-10(9)8-18(11)6-5-12(19)17-14(16)21/h1-4,11H,5-8H2,(H2,15,20)(H3,16,17,19,21)/t11-/m0/s1. The smallest absolute Gasteiger partial charge is 0.318 e. The molecule has 2 rings (SSSR count). The lowest BCUT2D eigenvalue weighted by molar-refractivity contribution is -0.125. The van der Waals surface area contributed by atoms with Gasteiger partial charge in [0, 0.05) is 19.5 Å². The third kappa shape index (κ3) is 3.79. The van der Waals surface area contributed by atoms with Gasteiger partial charge in [0.1, 0.15) is 0 Å². The van der Waals surface area contributed by atoms with Gasteiger partial charge in [-0.15, -0.1) is 0 Å². The molecule has 0 radical (unpaired) electrons. The van der Waals surface area contributed by atoms with E-state index in [0.717, 1.165) is 11.1 Å². The Balaban J connectivity index is 2.05. The fraction of sp³-hybridized carbons (Fsp3) is 0.357. The quantitative estimate of drug-likeness (QED) is 0.691. The van der Waals surface area contributed by atoms with Crippen LogP contribution in [0.4, 0.5) is 4.79 Å². The first kappa shape index (κ1) is 15.0. The van der Waals surface area contributed by atoms with Crippen molar-refractivity contribution in [2.75, 3.05) is 6.54 Å². The number of hydrogen-bond donors (Lipinski definition) is 3. The van der Waals surface area contributed by atoms with Crippen LogP contribution in [0.25, 0.3) is 0 Å². The van der Waals surface area contributed by atoms with Gasteiger partial charge in [-0.25, -0.2) is 4.79 Å². The molecule has 0 bridgehead atoms. The molecular formula is C14H18N4O3. The van der Waals surface area contributed by atoms with E-state index in [2.05, 4.69) is 0 Å². The van der Waals surface area contributed by atoms with E-state index >= 15 is 0 Å². The number of hydrogen-bond acceptors (Lipinski definition) is 4. The summed E-state index contributed by atoms with van der Waals surface area (Å²) in [5.74, 6) is -0.885. The summed E-state index contributed by atoms with van der Waals surface area (Å²) in [5, 5.41) is 2.00. The number of urea groups is 1. The molecule has 1 heterocycles. The lowest BCUT2D eigenvalue weighted by Gasteiger charge is -2.34. The van der Waals surface area contributed by atoms with Crippen molar-refractivity contribution in [2.45, 2.75) is 25.4 Å². The number of nitrogens with two attached hydrogens (primary N) is 2. The normalized spacial score (nSPS) is 17.8. The molecule has 1 atom stereocenters. The predicted molar refractivity (Wildman–Crippen MR) is 75.9 cm³/mol. The summed E-state index contributed by atoms with van der Waals surface area (Å²) in [6, 6.07) is 6.50. The Labute approximate surface area is 122 Å². The monoisotopic (exact) mass is 290 g/mol. The summed E-state index contributed by atoms with van der Waals surface area (Å²) >= 11 is 0. The first-order chi connectivity index (χ1) is 9.97. The molecule has 112 valence electrons. The highest BCUT2D eigenvalue weighted by Crippen LogP contribution is 2.23. The highest BCUT2D eigenvalue weighted by molar-refractivity contribution is 5.93. The SMILES string of the molecule is NC(=O)NC(=O)CCN1Cc2ccccc2C[C@H]1C(N)=O. The molecule has 0 fully saturated rings. The van der Waals surface area contributed by atoms with E-state index in [1.54, 1.807) is 0 Å². The van der Waals surface area contributed by atoms with Gasteiger partial charge in [-0.05, 0) is 17.5 Å². The Bertz CT molecular complexity index is 573. The number of rotatable bonds is 4. The molecule has 21 heavy (non-hydrogen) atoms. The molecular weight excluding hydrogens is 272 g/mol. The maximum absolute atomic E-state index is 11.6. The Kier molecular flexibility index (Phi) is 4.54. The molecule has 7 nitrogen and oxygen atoms in total. The molecule has 0 aliphatic carbocycles. The minimum absolute atomic E-state index is 0.0783. The van der Waals surface area contributed by atoms with Gasteiger partial charge in [0.2, 0.25) is 11.8 Å². The lowest BCUT2D eigenvalue weighted by atomic mass is 9.93. The van der Waals surface area contributed by atoms with Gasteiger partial charge in [0.25, 0.3) is 0 Å². The number of nitrogens with zero attached hydrogens (tertiary/aromatic N) is 1. The van der Waals surface area contributed by atoms with Crippen molar-refractivity contribution in [3.05, 3.63) is 35.4 Å². The van der Waals surface area contributed by atoms with Gasteiger partial charge in [-0.2, -0.15) is 0 Å². The molecule has 0 unspecified atom stereocenters. The maximum atomic E-state index is 11.6. The van der Waals surface area contributed by atoms with E-state index in [1.165, 1.54) is 0 Å². The summed E-state index contributed by atoms with van der Waals surface area (Å²) in [6.07, 6.45) is 0.609. The zero-order valence-electron chi connectivity index (χ0n) is 11.5. The number of carbonyl (C=O) groups is 3. The van der Waals surface area contributed by atoms with Crippen molar-refractivity contribution in [3.63, 3.8) is 0 Å². The number of imide groups is 1. The zero-order chi connectivity index (χ0) is 15.4. The highest BCUT2D eigenvalue weighted by Gasteiger charge is 2.29. The van der Waals surface area contributed by atoms with Crippen LogP contribution < -0.4 is 16.8 Å². The first-order valence-electron chi connectivity index (χ1n) is 6.67. The summed E-state index contributed by atoms with van der Waals surface area (Å²) in [4.78, 5) is 35.5. The minimum atomic E-state index is -0.879. The molecule has 1 aliphatic heterocycles. The van der Waals surface area contributed by atoms with Gasteiger partial charge in [0.15, 0.2) is 0 Å². The highest BCUT2D eigenvalue weighted by atomic mass is 16.2. The Morgan fingerprint density at radius 2 is 1.86 bits per heavy atom. The summed E-state index contributed by atoms with van der Waals surface area (Å²) in [6.45, 7) is 0.884. The molecule has 0 spiro atoms. The van der Waals surface area contributed by atoms with Crippen LogP contribution in [-0.2, 0) is 22.6 Å². The van der Waals surface area contributed by atoms with E-state index < -0.39 is 23.9 Å². The Morgan fingerprint density at radius 1 is 1.19 bits per heavy atom. The second-order valence-electron chi connectivity index (χ2n) is 5.02. The van der Waals surface area contributed by atoms with Crippen LogP contribution in [0.1, 0.15) is 17.5 Å². The van der Waals surface area contributed by atoms with Crippen molar-refractivity contribution in [3.8, 4) is 0 Å². The summed E-state index contributed by atoms with van der Waals surface area (Å²) < 4.78 is 0. The molecule has 5 N–H and O–H groups in total. The molecule has 0 saturated carbocycles. The molecule has 7 heteroatoms. The van der Waals surface area contributed by atoms with E-state index in [4.69, 9.17) is 11.5 Å². The van der Waals surface area contributed by atoms with Crippen LogP contribution in [0.5, 0.6) is 0 Å². The molecule has 1 aromatic rings. The lowest BCUT2D eigenvalue weighted by Crippen LogP contribution is -2.49. The second-order valence-corrected chi connectivity index (χ2v) is 5.02. The van der Waals surface area contributed by atoms with Crippen LogP contribution in [-0.4, -0.2) is 35.3 Å². The van der Waals surface area contributed by atoms with Gasteiger partial charge in [0.05, 0.1) is 6.04 Å². The molecule has 0 saturated heterocycles. The van der Waals surface area contributed by atoms with Crippen LogP contribution >= 0.6 is 0 Å². The summed E-state index contributed by atoms with van der Waals surface area (Å²) in [7, 11) is 0. The fourth-order valence-electron chi connectivity index (χ4n) is 2.54. The molecule has 1 aromatic carbocycles. The minimum Gasteiger partial charge on any atom is -0.368 e. The van der Waals surface area contributed by atoms with Crippen molar-refractivity contribution >= 4 is 17.8 Å². The molecule has 4 amide bonds. The average molecular weight is 290 g/mol. The van der Waals surface area contributed by atoms with Crippen LogP contribution in [0.15, 0.2) is 24.3 Å². The number of primary amides is 2.